The third-order valence-corrected chi connectivity index (χ3v) is 4.51. The molecule has 1 aromatic carbocycles. The van der Waals surface area contributed by atoms with E-state index in [0.717, 1.165) is 24.8 Å². The first-order valence-corrected chi connectivity index (χ1v) is 8.25. The van der Waals surface area contributed by atoms with Crippen molar-refractivity contribution in [1.82, 2.24) is 10.2 Å². The molecule has 22 heavy (non-hydrogen) atoms. The maximum atomic E-state index is 12.4. The molecule has 1 aliphatic rings. The quantitative estimate of drug-likeness (QED) is 0.869. The van der Waals surface area contributed by atoms with Crippen LogP contribution in [0.15, 0.2) is 30.3 Å². The maximum absolute atomic E-state index is 12.4. The van der Waals surface area contributed by atoms with Crippen molar-refractivity contribution in [2.45, 2.75) is 52.1 Å². The number of carbonyl (C=O) groups excluding carboxylic acids is 2. The summed E-state index contributed by atoms with van der Waals surface area (Å²) in [7, 11) is 0. The Morgan fingerprint density at radius 1 is 1.18 bits per heavy atom. The summed E-state index contributed by atoms with van der Waals surface area (Å²) >= 11 is 0. The van der Waals surface area contributed by atoms with Gasteiger partial charge in [-0.1, -0.05) is 50.1 Å². The van der Waals surface area contributed by atoms with Crippen molar-refractivity contribution < 1.29 is 9.59 Å². The zero-order valence-corrected chi connectivity index (χ0v) is 13.5. The Hall–Kier alpha value is -1.84. The normalized spacial score (nSPS) is 21.2. The molecular formula is C18H26N2O2. The molecule has 0 saturated heterocycles. The van der Waals surface area contributed by atoms with Gasteiger partial charge in [0.1, 0.15) is 0 Å². The smallest absolute Gasteiger partial charge is 0.312 e. The fourth-order valence-corrected chi connectivity index (χ4v) is 3.04. The summed E-state index contributed by atoms with van der Waals surface area (Å²) in [5, 5.41) is 2.94. The van der Waals surface area contributed by atoms with E-state index in [4.69, 9.17) is 0 Å². The van der Waals surface area contributed by atoms with E-state index in [2.05, 4.69) is 12.2 Å². The molecule has 120 valence electrons. The molecule has 0 bridgehead atoms. The molecule has 2 amide bonds. The minimum atomic E-state index is -0.462. The van der Waals surface area contributed by atoms with Gasteiger partial charge in [0.25, 0.3) is 0 Å². The van der Waals surface area contributed by atoms with Gasteiger partial charge in [0.2, 0.25) is 0 Å². The van der Waals surface area contributed by atoms with Crippen LogP contribution in [0.3, 0.4) is 0 Å². The lowest BCUT2D eigenvalue weighted by Gasteiger charge is -2.30. The molecule has 0 aromatic heterocycles. The highest BCUT2D eigenvalue weighted by Crippen LogP contribution is 2.23. The number of amides is 2. The van der Waals surface area contributed by atoms with Gasteiger partial charge in [0.15, 0.2) is 0 Å². The van der Waals surface area contributed by atoms with Crippen molar-refractivity contribution in [3.63, 3.8) is 0 Å². The van der Waals surface area contributed by atoms with Crippen molar-refractivity contribution >= 4 is 11.8 Å². The Kier molecular flexibility index (Phi) is 5.99. The summed E-state index contributed by atoms with van der Waals surface area (Å²) in [6.07, 6.45) is 4.45. The minimum Gasteiger partial charge on any atom is -0.345 e. The fraction of sp³-hybridized carbons (Fsp3) is 0.556. The molecule has 4 nitrogen and oxygen atoms in total. The molecule has 0 aliphatic heterocycles. The van der Waals surface area contributed by atoms with E-state index in [-0.39, 0.29) is 6.04 Å². The summed E-state index contributed by atoms with van der Waals surface area (Å²) < 4.78 is 0. The van der Waals surface area contributed by atoms with Crippen LogP contribution >= 0.6 is 0 Å². The van der Waals surface area contributed by atoms with E-state index in [0.29, 0.717) is 19.0 Å². The monoisotopic (exact) mass is 302 g/mol. The highest BCUT2D eigenvalue weighted by molar-refractivity contribution is 6.35. The summed E-state index contributed by atoms with van der Waals surface area (Å²) in [4.78, 5) is 26.2. The van der Waals surface area contributed by atoms with Crippen LogP contribution in [0.1, 0.15) is 45.1 Å². The van der Waals surface area contributed by atoms with Crippen molar-refractivity contribution in [1.29, 1.82) is 0 Å². The first kappa shape index (κ1) is 16.5. The zero-order chi connectivity index (χ0) is 15.9. The predicted octanol–water partition coefficient (Wildman–Crippen LogP) is 2.73. The van der Waals surface area contributed by atoms with Gasteiger partial charge >= 0.3 is 11.8 Å². The molecule has 1 N–H and O–H groups in total. The summed E-state index contributed by atoms with van der Waals surface area (Å²) in [6, 6.07) is 9.91. The number of rotatable bonds is 4. The fourth-order valence-electron chi connectivity index (χ4n) is 3.04. The molecule has 0 spiro atoms. The Morgan fingerprint density at radius 2 is 1.86 bits per heavy atom. The van der Waals surface area contributed by atoms with E-state index >= 15 is 0 Å². The molecule has 1 aliphatic carbocycles. The van der Waals surface area contributed by atoms with Crippen molar-refractivity contribution in [3.8, 4) is 0 Å². The van der Waals surface area contributed by atoms with Crippen molar-refractivity contribution in [3.05, 3.63) is 35.9 Å². The van der Waals surface area contributed by atoms with Crippen molar-refractivity contribution in [2.75, 3.05) is 6.54 Å². The second kappa shape index (κ2) is 7.97. The first-order valence-electron chi connectivity index (χ1n) is 8.25. The highest BCUT2D eigenvalue weighted by atomic mass is 16.2. The van der Waals surface area contributed by atoms with Gasteiger partial charge in [-0.15, -0.1) is 0 Å². The molecule has 1 saturated carbocycles. The van der Waals surface area contributed by atoms with E-state index in [1.165, 1.54) is 6.42 Å². The maximum Gasteiger partial charge on any atom is 0.312 e. The third kappa shape index (κ3) is 4.33. The molecule has 2 atom stereocenters. The van der Waals surface area contributed by atoms with Gasteiger partial charge < -0.3 is 10.2 Å². The predicted molar refractivity (Wildman–Crippen MR) is 87.1 cm³/mol. The number of nitrogens with one attached hydrogen (secondary N) is 1. The Morgan fingerprint density at radius 3 is 2.50 bits per heavy atom. The number of benzene rings is 1. The molecule has 1 aromatic rings. The summed E-state index contributed by atoms with van der Waals surface area (Å²) in [5.74, 6) is -0.435. The van der Waals surface area contributed by atoms with Crippen LogP contribution in [0.4, 0.5) is 0 Å². The number of carbonyl (C=O) groups is 2. The largest absolute Gasteiger partial charge is 0.345 e. The van der Waals surface area contributed by atoms with Crippen LogP contribution in [0.2, 0.25) is 0 Å². The van der Waals surface area contributed by atoms with E-state index in [1.54, 1.807) is 4.90 Å². The molecule has 0 radical (unpaired) electrons. The van der Waals surface area contributed by atoms with Crippen LogP contribution in [-0.4, -0.2) is 29.3 Å². The Balaban J connectivity index is 1.94. The average molecular weight is 302 g/mol. The third-order valence-electron chi connectivity index (χ3n) is 4.51. The van der Waals surface area contributed by atoms with Gasteiger partial charge in [0.05, 0.1) is 0 Å². The van der Waals surface area contributed by atoms with Crippen LogP contribution < -0.4 is 5.32 Å². The highest BCUT2D eigenvalue weighted by Gasteiger charge is 2.27. The first-order chi connectivity index (χ1) is 10.6. The van der Waals surface area contributed by atoms with Crippen LogP contribution in [0.5, 0.6) is 0 Å². The second-order valence-electron chi connectivity index (χ2n) is 6.15. The summed E-state index contributed by atoms with van der Waals surface area (Å²) in [6.45, 7) is 5.05. The minimum absolute atomic E-state index is 0.139. The van der Waals surface area contributed by atoms with E-state index < -0.39 is 11.8 Å². The van der Waals surface area contributed by atoms with Crippen LogP contribution in [-0.2, 0) is 16.1 Å². The lowest BCUT2D eigenvalue weighted by molar-refractivity contribution is -0.146. The topological polar surface area (TPSA) is 49.4 Å². The van der Waals surface area contributed by atoms with Gasteiger partial charge in [0, 0.05) is 19.1 Å². The Labute approximate surface area is 132 Å². The second-order valence-corrected chi connectivity index (χ2v) is 6.15. The molecule has 1 fully saturated rings. The molecule has 0 heterocycles. The number of nitrogens with zero attached hydrogens (tertiary/aromatic N) is 1. The van der Waals surface area contributed by atoms with Gasteiger partial charge in [-0.3, -0.25) is 9.59 Å². The van der Waals surface area contributed by atoms with Crippen LogP contribution in [0.25, 0.3) is 0 Å². The Bertz CT molecular complexity index is 501. The van der Waals surface area contributed by atoms with Gasteiger partial charge in [-0.05, 0) is 31.2 Å². The SMILES string of the molecule is CCN(Cc1ccccc1)C(=O)C(=O)NC1CCCCC1C. The number of hydrogen-bond donors (Lipinski definition) is 1. The molecule has 4 heteroatoms. The lowest BCUT2D eigenvalue weighted by atomic mass is 9.86. The van der Waals surface area contributed by atoms with E-state index in [1.807, 2.05) is 37.3 Å². The lowest BCUT2D eigenvalue weighted by Crippen LogP contribution is -2.48. The zero-order valence-electron chi connectivity index (χ0n) is 13.5. The molecule has 2 unspecified atom stereocenters. The van der Waals surface area contributed by atoms with Crippen molar-refractivity contribution in [2.24, 2.45) is 5.92 Å². The average Bonchev–Trinajstić information content (AvgIpc) is 2.55. The standard InChI is InChI=1S/C18H26N2O2/c1-3-20(13-15-10-5-4-6-11-15)18(22)17(21)19-16-12-8-7-9-14(16)2/h4-6,10-11,14,16H,3,7-9,12-13H2,1-2H3,(H,19,21). The van der Waals surface area contributed by atoms with Gasteiger partial charge in [-0.2, -0.15) is 0 Å². The summed E-state index contributed by atoms with van der Waals surface area (Å²) in [5.41, 5.74) is 1.04. The number of hydrogen-bond acceptors (Lipinski definition) is 2. The number of likely N-dealkylation sites (N-methyl/N-ethyl adjacent to an activating group) is 1. The van der Waals surface area contributed by atoms with E-state index in [9.17, 15) is 9.59 Å². The van der Waals surface area contributed by atoms with Gasteiger partial charge in [-0.25, -0.2) is 0 Å². The van der Waals surface area contributed by atoms with Crippen LogP contribution in [0, 0.1) is 5.92 Å². The molecule has 2 rings (SSSR count). The molecular weight excluding hydrogens is 276 g/mol.